The minimum atomic E-state index is -0.0465. The highest BCUT2D eigenvalue weighted by Crippen LogP contribution is 2.27. The van der Waals surface area contributed by atoms with Gasteiger partial charge >= 0.3 is 0 Å². The van der Waals surface area contributed by atoms with E-state index in [2.05, 4.69) is 19.2 Å². The molecule has 0 radical (unpaired) electrons. The maximum absolute atomic E-state index is 11.7. The van der Waals surface area contributed by atoms with Crippen LogP contribution < -0.4 is 5.32 Å². The summed E-state index contributed by atoms with van der Waals surface area (Å²) in [6, 6.07) is 0. The summed E-state index contributed by atoms with van der Waals surface area (Å²) in [5.41, 5.74) is -0.0465. The van der Waals surface area contributed by atoms with Crippen LogP contribution in [-0.2, 0) is 4.79 Å². The predicted molar refractivity (Wildman–Crippen MR) is 50.1 cm³/mol. The van der Waals surface area contributed by atoms with Gasteiger partial charge in [-0.3, -0.25) is 4.79 Å². The van der Waals surface area contributed by atoms with Crippen molar-refractivity contribution in [1.29, 1.82) is 0 Å². The molecule has 0 aromatic carbocycles. The van der Waals surface area contributed by atoms with E-state index in [1.165, 1.54) is 0 Å². The highest BCUT2D eigenvalue weighted by atomic mass is 16.1. The topological polar surface area (TPSA) is 29.1 Å². The number of ketones is 1. The molecule has 2 nitrogen and oxygen atoms in total. The number of carbonyl (C=O) groups is 1. The summed E-state index contributed by atoms with van der Waals surface area (Å²) in [5, 5.41) is 3.25. The lowest BCUT2D eigenvalue weighted by atomic mass is 9.83. The Morgan fingerprint density at radius 2 is 2.33 bits per heavy atom. The van der Waals surface area contributed by atoms with Crippen LogP contribution in [0.5, 0.6) is 0 Å². The van der Waals surface area contributed by atoms with Gasteiger partial charge in [0.05, 0.1) is 0 Å². The van der Waals surface area contributed by atoms with Gasteiger partial charge in [0.15, 0.2) is 0 Å². The molecule has 0 aromatic rings. The number of hydrogen-bond donors (Lipinski definition) is 1. The maximum atomic E-state index is 11.7. The molecule has 0 aromatic heterocycles. The summed E-state index contributed by atoms with van der Waals surface area (Å²) in [6.45, 7) is 6.11. The van der Waals surface area contributed by atoms with Crippen LogP contribution in [0.1, 0.15) is 39.5 Å². The lowest BCUT2D eigenvalue weighted by Crippen LogP contribution is -2.29. The van der Waals surface area contributed by atoms with E-state index < -0.39 is 0 Å². The van der Waals surface area contributed by atoms with Crippen LogP contribution in [0, 0.1) is 5.41 Å². The number of carbonyl (C=O) groups excluding carboxylic acids is 1. The average Bonchev–Trinajstić information content (AvgIpc) is 2.49. The van der Waals surface area contributed by atoms with E-state index in [-0.39, 0.29) is 5.41 Å². The molecule has 1 N–H and O–H groups in total. The highest BCUT2D eigenvalue weighted by molar-refractivity contribution is 5.85. The second kappa shape index (κ2) is 4.04. The predicted octanol–water partition coefficient (Wildman–Crippen LogP) is 1.75. The zero-order valence-corrected chi connectivity index (χ0v) is 8.15. The number of hydrogen-bond acceptors (Lipinski definition) is 2. The summed E-state index contributed by atoms with van der Waals surface area (Å²) >= 11 is 0. The fourth-order valence-electron chi connectivity index (χ4n) is 1.69. The number of rotatable bonds is 4. The monoisotopic (exact) mass is 169 g/mol. The Kier molecular flexibility index (Phi) is 3.27. The summed E-state index contributed by atoms with van der Waals surface area (Å²) in [4.78, 5) is 11.7. The van der Waals surface area contributed by atoms with Gasteiger partial charge in [0, 0.05) is 18.4 Å². The van der Waals surface area contributed by atoms with E-state index in [4.69, 9.17) is 0 Å². The molecule has 1 fully saturated rings. The number of unbranched alkanes of at least 4 members (excludes halogenated alkanes) is 1. The molecule has 0 amide bonds. The van der Waals surface area contributed by atoms with Crippen molar-refractivity contribution >= 4 is 5.78 Å². The Bertz CT molecular complexity index is 159. The van der Waals surface area contributed by atoms with Crippen molar-refractivity contribution in [2.45, 2.75) is 39.5 Å². The van der Waals surface area contributed by atoms with Crippen molar-refractivity contribution < 1.29 is 4.79 Å². The van der Waals surface area contributed by atoms with E-state index in [0.717, 1.165) is 38.8 Å². The van der Waals surface area contributed by atoms with Crippen LogP contribution in [0.25, 0.3) is 0 Å². The van der Waals surface area contributed by atoms with Crippen LogP contribution in [0.4, 0.5) is 0 Å². The molecule has 0 aliphatic carbocycles. The van der Waals surface area contributed by atoms with Crippen LogP contribution in [-0.4, -0.2) is 18.9 Å². The number of Topliss-reactive ketones (excluding diaryl/α,β-unsaturated/α-hetero) is 1. The van der Waals surface area contributed by atoms with Gasteiger partial charge in [-0.15, -0.1) is 0 Å². The fourth-order valence-corrected chi connectivity index (χ4v) is 1.69. The zero-order valence-electron chi connectivity index (χ0n) is 8.15. The molecule has 0 saturated carbocycles. The smallest absolute Gasteiger partial charge is 0.140 e. The van der Waals surface area contributed by atoms with Crippen LogP contribution >= 0.6 is 0 Å². The molecule has 1 saturated heterocycles. The third-order valence-electron chi connectivity index (χ3n) is 2.80. The molecular formula is C10H19NO. The molecule has 1 unspecified atom stereocenters. The van der Waals surface area contributed by atoms with E-state index in [1.807, 2.05) is 0 Å². The molecule has 1 aliphatic heterocycles. The molecular weight excluding hydrogens is 150 g/mol. The first-order valence-electron chi connectivity index (χ1n) is 4.93. The standard InChI is InChI=1S/C10H19NO/c1-3-4-5-9(12)10(2)6-7-11-8-10/h11H,3-8H2,1-2H3. The Labute approximate surface area is 74.7 Å². The molecule has 1 atom stereocenters. The van der Waals surface area contributed by atoms with Crippen LogP contribution in [0.3, 0.4) is 0 Å². The SMILES string of the molecule is CCCCC(=O)C1(C)CCNC1. The second-order valence-electron chi connectivity index (χ2n) is 4.01. The van der Waals surface area contributed by atoms with Gasteiger partial charge in [-0.25, -0.2) is 0 Å². The lowest BCUT2D eigenvalue weighted by Gasteiger charge is -2.20. The Balaban J connectivity index is 2.39. The summed E-state index contributed by atoms with van der Waals surface area (Å²) in [5.74, 6) is 0.453. The molecule has 1 rings (SSSR count). The van der Waals surface area contributed by atoms with E-state index >= 15 is 0 Å². The second-order valence-corrected chi connectivity index (χ2v) is 4.01. The molecule has 1 aliphatic rings. The van der Waals surface area contributed by atoms with Crippen molar-refractivity contribution in [2.75, 3.05) is 13.1 Å². The molecule has 70 valence electrons. The lowest BCUT2D eigenvalue weighted by molar-refractivity contribution is -0.127. The maximum Gasteiger partial charge on any atom is 0.140 e. The van der Waals surface area contributed by atoms with Gasteiger partial charge < -0.3 is 5.32 Å². The van der Waals surface area contributed by atoms with Crippen molar-refractivity contribution in [3.63, 3.8) is 0 Å². The molecule has 0 bridgehead atoms. The van der Waals surface area contributed by atoms with E-state index in [1.54, 1.807) is 0 Å². The van der Waals surface area contributed by atoms with E-state index in [9.17, 15) is 4.79 Å². The summed E-state index contributed by atoms with van der Waals surface area (Å²) < 4.78 is 0. The third kappa shape index (κ3) is 2.07. The van der Waals surface area contributed by atoms with Crippen molar-refractivity contribution in [1.82, 2.24) is 5.32 Å². The van der Waals surface area contributed by atoms with Crippen molar-refractivity contribution in [3.8, 4) is 0 Å². The van der Waals surface area contributed by atoms with E-state index in [0.29, 0.717) is 5.78 Å². The normalized spacial score (nSPS) is 29.2. The Morgan fingerprint density at radius 1 is 1.58 bits per heavy atom. The molecule has 1 heterocycles. The zero-order chi connectivity index (χ0) is 9.03. The first kappa shape index (κ1) is 9.72. The molecule has 0 spiro atoms. The van der Waals surface area contributed by atoms with Gasteiger partial charge in [0.25, 0.3) is 0 Å². The fraction of sp³-hybridized carbons (Fsp3) is 0.900. The summed E-state index contributed by atoms with van der Waals surface area (Å²) in [7, 11) is 0. The minimum absolute atomic E-state index is 0.0465. The Morgan fingerprint density at radius 3 is 2.83 bits per heavy atom. The quantitative estimate of drug-likeness (QED) is 0.694. The van der Waals surface area contributed by atoms with Crippen LogP contribution in [0.2, 0.25) is 0 Å². The van der Waals surface area contributed by atoms with Crippen LogP contribution in [0.15, 0.2) is 0 Å². The third-order valence-corrected chi connectivity index (χ3v) is 2.80. The molecule has 2 heteroatoms. The minimum Gasteiger partial charge on any atom is -0.316 e. The highest BCUT2D eigenvalue weighted by Gasteiger charge is 2.34. The van der Waals surface area contributed by atoms with Gasteiger partial charge in [-0.05, 0) is 19.4 Å². The first-order valence-corrected chi connectivity index (χ1v) is 4.93. The number of nitrogens with one attached hydrogen (secondary N) is 1. The van der Waals surface area contributed by atoms with Crippen molar-refractivity contribution in [3.05, 3.63) is 0 Å². The molecule has 12 heavy (non-hydrogen) atoms. The van der Waals surface area contributed by atoms with Gasteiger partial charge in [0.1, 0.15) is 5.78 Å². The summed E-state index contributed by atoms with van der Waals surface area (Å²) in [6.07, 6.45) is 3.97. The van der Waals surface area contributed by atoms with Gasteiger partial charge in [0.2, 0.25) is 0 Å². The van der Waals surface area contributed by atoms with Gasteiger partial charge in [-0.1, -0.05) is 20.3 Å². The first-order chi connectivity index (χ1) is 5.69. The van der Waals surface area contributed by atoms with Gasteiger partial charge in [-0.2, -0.15) is 0 Å². The largest absolute Gasteiger partial charge is 0.316 e. The van der Waals surface area contributed by atoms with Crippen molar-refractivity contribution in [2.24, 2.45) is 5.41 Å². The Hall–Kier alpha value is -0.370. The average molecular weight is 169 g/mol.